The van der Waals surface area contributed by atoms with E-state index in [1.165, 1.54) is 31.9 Å². The van der Waals surface area contributed by atoms with Crippen molar-refractivity contribution in [2.75, 3.05) is 13.2 Å². The van der Waals surface area contributed by atoms with Gasteiger partial charge in [0.05, 0.1) is 24.9 Å². The molecule has 0 saturated heterocycles. The molecule has 0 radical (unpaired) electrons. The van der Waals surface area contributed by atoms with E-state index in [1.807, 2.05) is 6.92 Å². The quantitative estimate of drug-likeness (QED) is 0.0958. The van der Waals surface area contributed by atoms with Crippen molar-refractivity contribution in [2.24, 2.45) is 5.10 Å². The van der Waals surface area contributed by atoms with Crippen LogP contribution in [0.2, 0.25) is 5.02 Å². The first-order valence-electron chi connectivity index (χ1n) is 12.8. The topological polar surface area (TPSA) is 106 Å². The van der Waals surface area contributed by atoms with Crippen LogP contribution in [0.5, 0.6) is 11.5 Å². The molecule has 200 valence electrons. The fraction of sp³-hybridized carbons (Fsp3) is 0.429. The summed E-state index contributed by atoms with van der Waals surface area (Å²) in [6.07, 6.45) is 9.78. The molecule has 37 heavy (non-hydrogen) atoms. The summed E-state index contributed by atoms with van der Waals surface area (Å²) in [5.74, 6) is -0.495. The Balaban J connectivity index is 1.78. The van der Waals surface area contributed by atoms with E-state index in [1.54, 1.807) is 42.5 Å². The SMILES string of the molecule is CCCCCCCCCC(=O)NCC(=O)NN=Cc1ccc(OC(=O)c2ccc(Cl)cc2)c(OCC)c1. The molecule has 0 saturated carbocycles. The summed E-state index contributed by atoms with van der Waals surface area (Å²) in [5.41, 5.74) is 3.36. The zero-order valence-corrected chi connectivity index (χ0v) is 22.3. The number of halogens is 1. The van der Waals surface area contributed by atoms with Gasteiger partial charge in [0.15, 0.2) is 11.5 Å². The molecule has 2 aromatic carbocycles. The summed E-state index contributed by atoms with van der Waals surface area (Å²) >= 11 is 5.86. The first-order chi connectivity index (χ1) is 17.9. The maximum atomic E-state index is 12.4. The van der Waals surface area contributed by atoms with Crippen LogP contribution in [0.3, 0.4) is 0 Å². The molecule has 0 heterocycles. The third kappa shape index (κ3) is 11.9. The number of carbonyl (C=O) groups excluding carboxylic acids is 3. The number of hydrogen-bond acceptors (Lipinski definition) is 6. The highest BCUT2D eigenvalue weighted by atomic mass is 35.5. The standard InChI is InChI=1S/C28H36ClN3O5/c1-3-5-6-7-8-9-10-11-26(33)30-20-27(34)32-31-19-21-12-17-24(25(18-21)36-4-2)37-28(35)22-13-15-23(29)16-14-22/h12-19H,3-11,20H2,1-2H3,(H,30,33)(H,32,34). The number of nitrogens with one attached hydrogen (secondary N) is 2. The van der Waals surface area contributed by atoms with E-state index >= 15 is 0 Å². The van der Waals surface area contributed by atoms with Gasteiger partial charge in [-0.25, -0.2) is 10.2 Å². The summed E-state index contributed by atoms with van der Waals surface area (Å²) in [4.78, 5) is 36.3. The molecule has 0 aliphatic heterocycles. The number of esters is 1. The number of rotatable bonds is 16. The molecule has 0 aliphatic rings. The minimum Gasteiger partial charge on any atom is -0.490 e. The lowest BCUT2D eigenvalue weighted by atomic mass is 10.1. The zero-order chi connectivity index (χ0) is 26.9. The summed E-state index contributed by atoms with van der Waals surface area (Å²) in [6, 6.07) is 11.3. The average molecular weight is 530 g/mol. The Morgan fingerprint density at radius 1 is 0.892 bits per heavy atom. The van der Waals surface area contributed by atoms with Gasteiger partial charge in [0, 0.05) is 11.4 Å². The van der Waals surface area contributed by atoms with Crippen molar-refractivity contribution in [1.29, 1.82) is 0 Å². The average Bonchev–Trinajstić information content (AvgIpc) is 2.89. The second-order valence-corrected chi connectivity index (χ2v) is 8.91. The van der Waals surface area contributed by atoms with Gasteiger partial charge in [-0.2, -0.15) is 5.10 Å². The molecule has 0 bridgehead atoms. The van der Waals surface area contributed by atoms with Crippen LogP contribution < -0.4 is 20.2 Å². The number of benzene rings is 2. The van der Waals surface area contributed by atoms with Crippen LogP contribution in [0.4, 0.5) is 0 Å². The molecule has 0 fully saturated rings. The van der Waals surface area contributed by atoms with Crippen LogP contribution in [0, 0.1) is 0 Å². The Kier molecular flexibility index (Phi) is 13.8. The summed E-state index contributed by atoms with van der Waals surface area (Å²) in [6.45, 7) is 4.22. The molecule has 2 rings (SSSR count). The van der Waals surface area contributed by atoms with Gasteiger partial charge in [-0.15, -0.1) is 0 Å². The number of unbranched alkanes of at least 4 members (excludes halogenated alkanes) is 6. The van der Waals surface area contributed by atoms with Gasteiger partial charge in [0.2, 0.25) is 5.91 Å². The van der Waals surface area contributed by atoms with Crippen molar-refractivity contribution in [2.45, 2.75) is 65.2 Å². The Hall–Kier alpha value is -3.39. The van der Waals surface area contributed by atoms with Crippen molar-refractivity contribution >= 4 is 35.6 Å². The van der Waals surface area contributed by atoms with Crippen LogP contribution in [-0.2, 0) is 9.59 Å². The van der Waals surface area contributed by atoms with E-state index in [2.05, 4.69) is 22.8 Å². The first kappa shape index (κ1) is 29.8. The molecular weight excluding hydrogens is 494 g/mol. The van der Waals surface area contributed by atoms with E-state index in [-0.39, 0.29) is 18.2 Å². The fourth-order valence-corrected chi connectivity index (χ4v) is 3.56. The molecule has 0 atom stereocenters. The second kappa shape index (κ2) is 17.1. The lowest BCUT2D eigenvalue weighted by Crippen LogP contribution is -2.34. The molecule has 2 N–H and O–H groups in total. The summed E-state index contributed by atoms with van der Waals surface area (Å²) < 4.78 is 11.1. The molecule has 2 amide bonds. The Morgan fingerprint density at radius 3 is 2.30 bits per heavy atom. The number of hydrazone groups is 1. The molecule has 2 aromatic rings. The van der Waals surface area contributed by atoms with Crippen LogP contribution in [0.15, 0.2) is 47.6 Å². The number of amides is 2. The van der Waals surface area contributed by atoms with E-state index in [9.17, 15) is 14.4 Å². The minimum absolute atomic E-state index is 0.141. The number of nitrogens with zero attached hydrogens (tertiary/aromatic N) is 1. The van der Waals surface area contributed by atoms with Gasteiger partial charge in [-0.1, -0.05) is 57.0 Å². The maximum Gasteiger partial charge on any atom is 0.343 e. The largest absolute Gasteiger partial charge is 0.490 e. The molecule has 9 heteroatoms. The first-order valence-corrected chi connectivity index (χ1v) is 13.1. The molecule has 0 unspecified atom stereocenters. The van der Waals surface area contributed by atoms with E-state index in [0.29, 0.717) is 34.9 Å². The zero-order valence-electron chi connectivity index (χ0n) is 21.6. The number of hydrogen-bond donors (Lipinski definition) is 2. The molecule has 0 aromatic heterocycles. The molecule has 8 nitrogen and oxygen atoms in total. The molecular formula is C28H36ClN3O5. The highest BCUT2D eigenvalue weighted by molar-refractivity contribution is 6.30. The van der Waals surface area contributed by atoms with Gasteiger partial charge in [0.1, 0.15) is 0 Å². The molecule has 0 aliphatic carbocycles. The van der Waals surface area contributed by atoms with Gasteiger partial charge in [-0.3, -0.25) is 9.59 Å². The van der Waals surface area contributed by atoms with Crippen LogP contribution in [0.1, 0.15) is 81.1 Å². The highest BCUT2D eigenvalue weighted by Crippen LogP contribution is 2.29. The van der Waals surface area contributed by atoms with Crippen LogP contribution >= 0.6 is 11.6 Å². The lowest BCUT2D eigenvalue weighted by Gasteiger charge is -2.11. The second-order valence-electron chi connectivity index (χ2n) is 8.48. The molecule has 0 spiro atoms. The smallest absolute Gasteiger partial charge is 0.343 e. The van der Waals surface area contributed by atoms with E-state index < -0.39 is 11.9 Å². The number of ether oxygens (including phenoxy) is 2. The third-order valence-corrected chi connectivity index (χ3v) is 5.66. The van der Waals surface area contributed by atoms with E-state index in [0.717, 1.165) is 19.3 Å². The normalized spacial score (nSPS) is 10.8. The van der Waals surface area contributed by atoms with Crippen LogP contribution in [-0.4, -0.2) is 37.1 Å². The van der Waals surface area contributed by atoms with Crippen molar-refractivity contribution < 1.29 is 23.9 Å². The van der Waals surface area contributed by atoms with Gasteiger partial charge >= 0.3 is 5.97 Å². The van der Waals surface area contributed by atoms with Gasteiger partial charge in [0.25, 0.3) is 5.91 Å². The van der Waals surface area contributed by atoms with Crippen molar-refractivity contribution in [1.82, 2.24) is 10.7 Å². The number of carbonyl (C=O) groups is 3. The highest BCUT2D eigenvalue weighted by Gasteiger charge is 2.13. The van der Waals surface area contributed by atoms with Crippen LogP contribution in [0.25, 0.3) is 0 Å². The van der Waals surface area contributed by atoms with Crippen molar-refractivity contribution in [3.05, 3.63) is 58.6 Å². The van der Waals surface area contributed by atoms with E-state index in [4.69, 9.17) is 21.1 Å². The van der Waals surface area contributed by atoms with Gasteiger partial charge in [-0.05, 0) is 61.4 Å². The lowest BCUT2D eigenvalue weighted by molar-refractivity contribution is -0.126. The maximum absolute atomic E-state index is 12.4. The van der Waals surface area contributed by atoms with Gasteiger partial charge < -0.3 is 14.8 Å². The van der Waals surface area contributed by atoms with Crippen molar-refractivity contribution in [3.63, 3.8) is 0 Å². The Bertz CT molecular complexity index is 1040. The summed E-state index contributed by atoms with van der Waals surface area (Å²) in [7, 11) is 0. The Morgan fingerprint density at radius 2 is 1.59 bits per heavy atom. The summed E-state index contributed by atoms with van der Waals surface area (Å²) in [5, 5.41) is 7.06. The van der Waals surface area contributed by atoms with Crippen molar-refractivity contribution in [3.8, 4) is 11.5 Å². The fourth-order valence-electron chi connectivity index (χ4n) is 3.43. The predicted octanol–water partition coefficient (Wildman–Crippen LogP) is 5.66. The third-order valence-electron chi connectivity index (χ3n) is 5.41. The monoisotopic (exact) mass is 529 g/mol. The Labute approximate surface area is 223 Å². The minimum atomic E-state index is -0.541. The predicted molar refractivity (Wildman–Crippen MR) is 145 cm³/mol.